The Kier molecular flexibility index (Phi) is 4.16. The lowest BCUT2D eigenvalue weighted by molar-refractivity contribution is -0.117. The quantitative estimate of drug-likeness (QED) is 0.699. The number of rotatable bonds is 4. The van der Waals surface area contributed by atoms with Gasteiger partial charge in [-0.15, -0.1) is 0 Å². The molecule has 0 aromatic carbocycles. The molecule has 0 bridgehead atoms. The van der Waals surface area contributed by atoms with Crippen LogP contribution < -0.4 is 11.1 Å². The molecule has 0 unspecified atom stereocenters. The molecule has 0 saturated heterocycles. The zero-order chi connectivity index (χ0) is 19.0. The van der Waals surface area contributed by atoms with E-state index >= 15 is 0 Å². The SMILES string of the molecule is [C-]#[N+]C[C@H]1C[C@@H]1C(=O)Nc1cc2cc(-c3cnccc3C)nc(N)c2cn1. The van der Waals surface area contributed by atoms with Crippen molar-refractivity contribution in [3.63, 3.8) is 0 Å². The van der Waals surface area contributed by atoms with E-state index in [1.807, 2.05) is 19.1 Å². The third kappa shape index (κ3) is 3.29. The average molecular weight is 358 g/mol. The van der Waals surface area contributed by atoms with Gasteiger partial charge in [-0.1, -0.05) is 0 Å². The standard InChI is InChI=1S/C20H18N6O/c1-11-3-4-23-9-15(11)17-6-12-7-18(24-10-16(12)19(21)25-17)26-20(27)14-5-13(14)8-22-2/h3-4,6-7,9-10,13-14H,5,8H2,1H3,(H2,21,25)(H,24,26,27)/t13-,14+/m1/s1. The first-order valence-electron chi connectivity index (χ1n) is 8.68. The van der Waals surface area contributed by atoms with Gasteiger partial charge in [-0.25, -0.2) is 16.5 Å². The molecule has 0 aliphatic heterocycles. The smallest absolute Gasteiger partial charge is 0.229 e. The number of aryl methyl sites for hydroxylation is 1. The summed E-state index contributed by atoms with van der Waals surface area (Å²) in [5, 5.41) is 4.43. The topological polar surface area (TPSA) is 98.2 Å². The van der Waals surface area contributed by atoms with Crippen molar-refractivity contribution in [2.75, 3.05) is 17.6 Å². The minimum Gasteiger partial charge on any atom is -0.383 e. The van der Waals surface area contributed by atoms with Crippen LogP contribution in [-0.4, -0.2) is 27.4 Å². The van der Waals surface area contributed by atoms with Gasteiger partial charge < -0.3 is 15.9 Å². The highest BCUT2D eigenvalue weighted by Crippen LogP contribution is 2.39. The van der Waals surface area contributed by atoms with Crippen LogP contribution in [0.25, 0.3) is 26.9 Å². The number of nitrogens with one attached hydrogen (secondary N) is 1. The second kappa shape index (κ2) is 6.65. The maximum absolute atomic E-state index is 12.3. The molecule has 1 aliphatic carbocycles. The van der Waals surface area contributed by atoms with Crippen molar-refractivity contribution in [3.8, 4) is 11.3 Å². The van der Waals surface area contributed by atoms with E-state index in [0.29, 0.717) is 18.2 Å². The van der Waals surface area contributed by atoms with Crippen LogP contribution in [-0.2, 0) is 4.79 Å². The molecule has 1 saturated carbocycles. The van der Waals surface area contributed by atoms with E-state index in [4.69, 9.17) is 12.3 Å². The number of nitrogen functional groups attached to an aromatic ring is 1. The first kappa shape index (κ1) is 16.9. The van der Waals surface area contributed by atoms with Gasteiger partial charge in [-0.2, -0.15) is 0 Å². The van der Waals surface area contributed by atoms with E-state index in [9.17, 15) is 4.79 Å². The fraction of sp³-hybridized carbons (Fsp3) is 0.250. The van der Waals surface area contributed by atoms with Crippen molar-refractivity contribution in [2.24, 2.45) is 11.8 Å². The van der Waals surface area contributed by atoms with Crippen molar-refractivity contribution in [2.45, 2.75) is 13.3 Å². The zero-order valence-corrected chi connectivity index (χ0v) is 14.8. The summed E-state index contributed by atoms with van der Waals surface area (Å²) in [7, 11) is 0. The van der Waals surface area contributed by atoms with Gasteiger partial charge in [0.25, 0.3) is 0 Å². The lowest BCUT2D eigenvalue weighted by atomic mass is 10.1. The first-order chi connectivity index (χ1) is 13.1. The maximum atomic E-state index is 12.3. The third-order valence-corrected chi connectivity index (χ3v) is 4.90. The summed E-state index contributed by atoms with van der Waals surface area (Å²) < 4.78 is 0. The van der Waals surface area contributed by atoms with E-state index < -0.39 is 0 Å². The van der Waals surface area contributed by atoms with Gasteiger partial charge in [0.2, 0.25) is 12.5 Å². The average Bonchev–Trinajstić information content (AvgIpc) is 3.41. The number of aromatic nitrogens is 3. The number of anilines is 2. The summed E-state index contributed by atoms with van der Waals surface area (Å²) >= 11 is 0. The Labute approximate surface area is 156 Å². The Morgan fingerprint density at radius 3 is 3.04 bits per heavy atom. The second-order valence-corrected chi connectivity index (χ2v) is 6.81. The molecule has 3 aromatic rings. The lowest BCUT2D eigenvalue weighted by Crippen LogP contribution is -2.16. The number of carbonyl (C=O) groups is 1. The Balaban J connectivity index is 1.64. The summed E-state index contributed by atoms with van der Waals surface area (Å²) in [5.41, 5.74) is 8.81. The Morgan fingerprint density at radius 2 is 2.26 bits per heavy atom. The predicted octanol–water partition coefficient (Wildman–Crippen LogP) is 3.08. The fourth-order valence-electron chi connectivity index (χ4n) is 3.22. The second-order valence-electron chi connectivity index (χ2n) is 6.81. The molecule has 2 atom stereocenters. The summed E-state index contributed by atoms with van der Waals surface area (Å²) in [6.45, 7) is 9.29. The molecule has 1 fully saturated rings. The van der Waals surface area contributed by atoms with Crippen LogP contribution in [0.3, 0.4) is 0 Å². The number of carbonyl (C=O) groups excluding carboxylic acids is 1. The molecule has 27 heavy (non-hydrogen) atoms. The molecule has 7 heteroatoms. The van der Waals surface area contributed by atoms with E-state index in [2.05, 4.69) is 25.1 Å². The molecule has 1 amide bonds. The lowest BCUT2D eigenvalue weighted by Gasteiger charge is -2.10. The Hall–Kier alpha value is -3.53. The third-order valence-electron chi connectivity index (χ3n) is 4.90. The summed E-state index contributed by atoms with van der Waals surface area (Å²) in [6, 6.07) is 5.64. The maximum Gasteiger partial charge on any atom is 0.229 e. The normalized spacial score (nSPS) is 18.1. The molecular weight excluding hydrogens is 340 g/mol. The van der Waals surface area contributed by atoms with Crippen molar-refractivity contribution in [1.82, 2.24) is 15.0 Å². The van der Waals surface area contributed by atoms with Crippen LogP contribution >= 0.6 is 0 Å². The predicted molar refractivity (Wildman–Crippen MR) is 104 cm³/mol. The van der Waals surface area contributed by atoms with E-state index in [1.165, 1.54) is 0 Å². The highest BCUT2D eigenvalue weighted by Gasteiger charge is 2.45. The van der Waals surface area contributed by atoms with E-state index in [0.717, 1.165) is 34.0 Å². The van der Waals surface area contributed by atoms with Crippen LogP contribution in [0, 0.1) is 25.3 Å². The summed E-state index contributed by atoms with van der Waals surface area (Å²) in [4.78, 5) is 28.6. The van der Waals surface area contributed by atoms with Crippen LogP contribution in [0.2, 0.25) is 0 Å². The summed E-state index contributed by atoms with van der Waals surface area (Å²) in [6.07, 6.45) is 5.89. The van der Waals surface area contributed by atoms with Crippen LogP contribution in [0.5, 0.6) is 0 Å². The highest BCUT2D eigenvalue weighted by atomic mass is 16.2. The first-order valence-corrected chi connectivity index (χ1v) is 8.68. The minimum absolute atomic E-state index is 0.0825. The van der Waals surface area contributed by atoms with Gasteiger partial charge in [0.15, 0.2) is 0 Å². The number of fused-ring (bicyclic) bond motifs is 1. The van der Waals surface area contributed by atoms with Gasteiger partial charge in [0.05, 0.1) is 5.69 Å². The number of amides is 1. The number of nitrogens with zero attached hydrogens (tertiary/aromatic N) is 4. The Bertz CT molecular complexity index is 1090. The van der Waals surface area contributed by atoms with Crippen molar-refractivity contribution >= 4 is 28.3 Å². The highest BCUT2D eigenvalue weighted by molar-refractivity contribution is 5.98. The number of hydrogen-bond acceptors (Lipinski definition) is 5. The van der Waals surface area contributed by atoms with E-state index in [1.54, 1.807) is 24.7 Å². The number of hydrogen-bond donors (Lipinski definition) is 2. The summed E-state index contributed by atoms with van der Waals surface area (Å²) in [5.74, 6) is 0.854. The van der Waals surface area contributed by atoms with Gasteiger partial charge in [0, 0.05) is 41.4 Å². The van der Waals surface area contributed by atoms with Gasteiger partial charge >= 0.3 is 0 Å². The zero-order valence-electron chi connectivity index (χ0n) is 14.8. The molecule has 7 nitrogen and oxygen atoms in total. The molecule has 0 spiro atoms. The molecular formula is C20H18N6O. The Morgan fingerprint density at radius 1 is 1.41 bits per heavy atom. The molecule has 3 aromatic heterocycles. The minimum atomic E-state index is -0.0901. The monoisotopic (exact) mass is 358 g/mol. The molecule has 0 radical (unpaired) electrons. The van der Waals surface area contributed by atoms with Crippen LogP contribution in [0.4, 0.5) is 11.6 Å². The van der Waals surface area contributed by atoms with E-state index in [-0.39, 0.29) is 17.7 Å². The molecule has 3 N–H and O–H groups in total. The van der Waals surface area contributed by atoms with Crippen molar-refractivity contribution in [1.29, 1.82) is 0 Å². The number of pyridine rings is 3. The number of nitrogens with two attached hydrogens (primary N) is 1. The van der Waals surface area contributed by atoms with Crippen LogP contribution in [0.15, 0.2) is 36.8 Å². The van der Waals surface area contributed by atoms with Gasteiger partial charge in [-0.05, 0) is 42.5 Å². The molecule has 4 rings (SSSR count). The molecule has 1 aliphatic rings. The molecule has 3 heterocycles. The van der Waals surface area contributed by atoms with Gasteiger partial charge in [-0.3, -0.25) is 9.78 Å². The van der Waals surface area contributed by atoms with Crippen molar-refractivity contribution in [3.05, 3.63) is 53.8 Å². The van der Waals surface area contributed by atoms with Gasteiger partial charge in [0.1, 0.15) is 11.6 Å². The fourth-order valence-corrected chi connectivity index (χ4v) is 3.22. The molecule has 134 valence electrons. The van der Waals surface area contributed by atoms with Crippen molar-refractivity contribution < 1.29 is 4.79 Å². The largest absolute Gasteiger partial charge is 0.383 e. The van der Waals surface area contributed by atoms with Crippen LogP contribution in [0.1, 0.15) is 12.0 Å².